The fourth-order valence-corrected chi connectivity index (χ4v) is 3.12. The molecule has 0 bridgehead atoms. The second-order valence-corrected chi connectivity index (χ2v) is 6.30. The first-order valence-electron chi connectivity index (χ1n) is 6.61. The Morgan fingerprint density at radius 2 is 1.90 bits per heavy atom. The lowest BCUT2D eigenvalue weighted by molar-refractivity contribution is 0.173. The average Bonchev–Trinajstić information content (AvgIpc) is 2.90. The SMILES string of the molecule is OC(Cc1ccc(Cl)c(Cl)c1)c1cc(Cl)cc2c1OCC2. The Morgan fingerprint density at radius 3 is 2.67 bits per heavy atom. The zero-order chi connectivity index (χ0) is 15.0. The molecule has 1 aliphatic rings. The largest absolute Gasteiger partial charge is 0.493 e. The first kappa shape index (κ1) is 15.0. The number of ether oxygens (including phenoxy) is 1. The van der Waals surface area contributed by atoms with Crippen molar-refractivity contribution < 1.29 is 9.84 Å². The predicted octanol–water partition coefficient (Wildman–Crippen LogP) is 4.86. The highest BCUT2D eigenvalue weighted by atomic mass is 35.5. The third-order valence-corrected chi connectivity index (χ3v) is 4.51. The number of fused-ring (bicyclic) bond motifs is 1. The Balaban J connectivity index is 1.89. The highest BCUT2D eigenvalue weighted by Gasteiger charge is 2.22. The van der Waals surface area contributed by atoms with Crippen LogP contribution in [-0.4, -0.2) is 11.7 Å². The van der Waals surface area contributed by atoms with Gasteiger partial charge in [0.1, 0.15) is 5.75 Å². The maximum absolute atomic E-state index is 10.5. The Labute approximate surface area is 138 Å². The number of halogens is 3. The summed E-state index contributed by atoms with van der Waals surface area (Å²) in [7, 11) is 0. The molecule has 0 amide bonds. The van der Waals surface area contributed by atoms with E-state index < -0.39 is 6.10 Å². The van der Waals surface area contributed by atoms with Crippen LogP contribution in [0.2, 0.25) is 15.1 Å². The Kier molecular flexibility index (Phi) is 4.32. The van der Waals surface area contributed by atoms with Gasteiger partial charge in [0.05, 0.1) is 22.8 Å². The fourth-order valence-electron chi connectivity index (χ4n) is 2.55. The number of aliphatic hydroxyl groups is 1. The number of aliphatic hydroxyl groups excluding tert-OH is 1. The smallest absolute Gasteiger partial charge is 0.128 e. The van der Waals surface area contributed by atoms with Gasteiger partial charge < -0.3 is 9.84 Å². The van der Waals surface area contributed by atoms with Crippen LogP contribution in [0.1, 0.15) is 22.8 Å². The summed E-state index contributed by atoms with van der Waals surface area (Å²) in [4.78, 5) is 0. The number of hydrogen-bond acceptors (Lipinski definition) is 2. The molecule has 1 heterocycles. The van der Waals surface area contributed by atoms with Crippen molar-refractivity contribution in [3.63, 3.8) is 0 Å². The molecule has 2 aromatic rings. The maximum Gasteiger partial charge on any atom is 0.128 e. The van der Waals surface area contributed by atoms with E-state index in [1.165, 1.54) is 0 Å². The van der Waals surface area contributed by atoms with Gasteiger partial charge in [0.25, 0.3) is 0 Å². The van der Waals surface area contributed by atoms with Crippen molar-refractivity contribution in [2.24, 2.45) is 0 Å². The van der Waals surface area contributed by atoms with Gasteiger partial charge in [0.2, 0.25) is 0 Å². The minimum atomic E-state index is -0.701. The Hall–Kier alpha value is -0.930. The summed E-state index contributed by atoms with van der Waals surface area (Å²) in [5.41, 5.74) is 2.68. The van der Waals surface area contributed by atoms with Crippen LogP contribution in [0.15, 0.2) is 30.3 Å². The number of benzene rings is 2. The van der Waals surface area contributed by atoms with E-state index >= 15 is 0 Å². The third-order valence-electron chi connectivity index (χ3n) is 3.55. The summed E-state index contributed by atoms with van der Waals surface area (Å²) < 4.78 is 5.62. The van der Waals surface area contributed by atoms with E-state index in [9.17, 15) is 5.11 Å². The summed E-state index contributed by atoms with van der Waals surface area (Å²) in [5, 5.41) is 12.1. The summed E-state index contributed by atoms with van der Waals surface area (Å²) >= 11 is 18.0. The van der Waals surface area contributed by atoms with E-state index in [0.29, 0.717) is 28.1 Å². The molecule has 1 aliphatic heterocycles. The molecule has 0 fully saturated rings. The lowest BCUT2D eigenvalue weighted by atomic mass is 9.98. The van der Waals surface area contributed by atoms with E-state index in [-0.39, 0.29) is 0 Å². The molecule has 0 aliphatic carbocycles. The van der Waals surface area contributed by atoms with E-state index in [4.69, 9.17) is 39.5 Å². The van der Waals surface area contributed by atoms with Crippen LogP contribution in [0.3, 0.4) is 0 Å². The Bertz CT molecular complexity index is 685. The van der Waals surface area contributed by atoms with Crippen molar-refractivity contribution in [3.05, 3.63) is 62.1 Å². The van der Waals surface area contributed by atoms with Crippen molar-refractivity contribution in [2.45, 2.75) is 18.9 Å². The molecule has 0 radical (unpaired) electrons. The van der Waals surface area contributed by atoms with Gasteiger partial charge >= 0.3 is 0 Å². The predicted molar refractivity (Wildman–Crippen MR) is 85.8 cm³/mol. The van der Waals surface area contributed by atoms with Gasteiger partial charge in [-0.15, -0.1) is 0 Å². The lowest BCUT2D eigenvalue weighted by Gasteiger charge is -2.15. The lowest BCUT2D eigenvalue weighted by Crippen LogP contribution is -2.04. The normalized spacial score (nSPS) is 14.7. The molecule has 110 valence electrons. The fraction of sp³-hybridized carbons (Fsp3) is 0.250. The molecular weight excluding hydrogens is 331 g/mol. The summed E-state index contributed by atoms with van der Waals surface area (Å²) in [6.45, 7) is 0.627. The van der Waals surface area contributed by atoms with Crippen LogP contribution < -0.4 is 4.74 Å². The third kappa shape index (κ3) is 3.14. The van der Waals surface area contributed by atoms with Gasteiger partial charge in [-0.05, 0) is 35.4 Å². The molecule has 5 heteroatoms. The van der Waals surface area contributed by atoms with E-state index in [1.807, 2.05) is 12.1 Å². The highest BCUT2D eigenvalue weighted by Crippen LogP contribution is 2.37. The summed E-state index contributed by atoms with van der Waals surface area (Å²) in [6.07, 6.45) is 0.544. The van der Waals surface area contributed by atoms with Crippen molar-refractivity contribution >= 4 is 34.8 Å². The van der Waals surface area contributed by atoms with Gasteiger partial charge in [-0.1, -0.05) is 40.9 Å². The standard InChI is InChI=1S/C16H13Cl3O2/c17-11-7-10-3-4-21-16(10)12(8-11)15(20)6-9-1-2-13(18)14(19)5-9/h1-2,5,7-8,15,20H,3-4,6H2. The van der Waals surface area contributed by atoms with Crippen molar-refractivity contribution in [1.29, 1.82) is 0 Å². The quantitative estimate of drug-likeness (QED) is 0.862. The number of hydrogen-bond donors (Lipinski definition) is 1. The van der Waals surface area contributed by atoms with Crippen LogP contribution in [0.5, 0.6) is 5.75 Å². The van der Waals surface area contributed by atoms with E-state index in [0.717, 1.165) is 28.9 Å². The zero-order valence-electron chi connectivity index (χ0n) is 11.1. The molecule has 0 saturated carbocycles. The van der Waals surface area contributed by atoms with E-state index in [1.54, 1.807) is 18.2 Å². The molecule has 3 rings (SSSR count). The van der Waals surface area contributed by atoms with Crippen molar-refractivity contribution in [1.82, 2.24) is 0 Å². The van der Waals surface area contributed by atoms with E-state index in [2.05, 4.69) is 0 Å². The summed E-state index contributed by atoms with van der Waals surface area (Å²) in [5.74, 6) is 0.756. The first-order chi connectivity index (χ1) is 10.0. The first-order valence-corrected chi connectivity index (χ1v) is 7.75. The second-order valence-electron chi connectivity index (χ2n) is 5.05. The van der Waals surface area contributed by atoms with Gasteiger partial charge in [-0.3, -0.25) is 0 Å². The van der Waals surface area contributed by atoms with Crippen LogP contribution >= 0.6 is 34.8 Å². The molecule has 1 unspecified atom stereocenters. The average molecular weight is 344 g/mol. The molecule has 1 atom stereocenters. The minimum absolute atomic E-state index is 0.424. The molecular formula is C16H13Cl3O2. The van der Waals surface area contributed by atoms with Crippen molar-refractivity contribution in [2.75, 3.05) is 6.61 Å². The van der Waals surface area contributed by atoms with Crippen LogP contribution in [0, 0.1) is 0 Å². The highest BCUT2D eigenvalue weighted by molar-refractivity contribution is 6.42. The van der Waals surface area contributed by atoms with Gasteiger partial charge in [-0.25, -0.2) is 0 Å². The Morgan fingerprint density at radius 1 is 1.10 bits per heavy atom. The van der Waals surface area contributed by atoms with Crippen LogP contribution in [-0.2, 0) is 12.8 Å². The molecule has 2 nitrogen and oxygen atoms in total. The van der Waals surface area contributed by atoms with Gasteiger partial charge in [-0.2, -0.15) is 0 Å². The number of rotatable bonds is 3. The molecule has 0 spiro atoms. The summed E-state index contributed by atoms with van der Waals surface area (Å²) in [6, 6.07) is 8.99. The van der Waals surface area contributed by atoms with Gasteiger partial charge in [0.15, 0.2) is 0 Å². The molecule has 0 saturated heterocycles. The van der Waals surface area contributed by atoms with Crippen LogP contribution in [0.25, 0.3) is 0 Å². The monoisotopic (exact) mass is 342 g/mol. The molecule has 2 aromatic carbocycles. The maximum atomic E-state index is 10.5. The van der Waals surface area contributed by atoms with Gasteiger partial charge in [0, 0.05) is 23.4 Å². The second kappa shape index (κ2) is 6.05. The van der Waals surface area contributed by atoms with Crippen molar-refractivity contribution in [3.8, 4) is 5.75 Å². The van der Waals surface area contributed by atoms with Crippen LogP contribution in [0.4, 0.5) is 0 Å². The minimum Gasteiger partial charge on any atom is -0.493 e. The topological polar surface area (TPSA) is 29.5 Å². The zero-order valence-corrected chi connectivity index (χ0v) is 13.3. The molecule has 21 heavy (non-hydrogen) atoms. The molecule has 0 aromatic heterocycles. The molecule has 1 N–H and O–H groups in total.